The minimum absolute atomic E-state index is 0.140. The van der Waals surface area contributed by atoms with Gasteiger partial charge in [-0.25, -0.2) is 4.39 Å². The molecule has 1 aromatic carbocycles. The molecule has 6 nitrogen and oxygen atoms in total. The van der Waals surface area contributed by atoms with Crippen molar-refractivity contribution >= 4 is 29.2 Å². The van der Waals surface area contributed by atoms with Crippen LogP contribution in [-0.4, -0.2) is 37.2 Å². The largest absolute Gasteiger partial charge is 0.380 e. The summed E-state index contributed by atoms with van der Waals surface area (Å²) >= 11 is 0. The number of allylic oxidation sites excluding steroid dienone is 8. The lowest BCUT2D eigenvalue weighted by Crippen LogP contribution is -2.50. The third-order valence-electron chi connectivity index (χ3n) is 13.4. The number of aliphatic imine (C=N–C) groups is 1. The van der Waals surface area contributed by atoms with Crippen molar-refractivity contribution in [3.63, 3.8) is 0 Å². The Morgan fingerprint density at radius 1 is 1.01 bits per heavy atom. The standard InChI is InChI=1S/C39H54FN3O.C9H16O2.C8H18.C4H10/c1-10-16-30-24-32(25-30)43-37-26-31(18-19-33(37)39(20-12-3,21-13-4)38(43)44)27(7)23-36(41-22-14-5)28(8)29(9)42-35(17-11-2)34(40)15-6;1-7(2)8(10)9(3)4-5-11-6-9;1-5-7-8(3,4)6-2;1-4(2)3/h11,15,17-19,22-23,26,30,32,42H,6-7,10,12-14,16,20-21,24-25H2,1-5,8-9H3;7H,4-6H2,1-3H3;5-7H2,1-4H3;4H,1-3H3/b17-11-,29-28+,35-34-,36-23+,41-22?;;;. The number of carbonyl (C=O) groups excluding carboxylic acids is 2. The summed E-state index contributed by atoms with van der Waals surface area (Å²) in [7, 11) is 0. The molecule has 2 fully saturated rings. The van der Waals surface area contributed by atoms with E-state index in [1.165, 1.54) is 43.7 Å². The molecule has 1 unspecified atom stereocenters. The molecule has 1 N–H and O–H groups in total. The molecule has 1 atom stereocenters. The Hall–Kier alpha value is -3.84. The summed E-state index contributed by atoms with van der Waals surface area (Å²) in [5.74, 6) is 1.90. The molecule has 0 aromatic heterocycles. The van der Waals surface area contributed by atoms with Gasteiger partial charge >= 0.3 is 0 Å². The molecule has 1 saturated carbocycles. The van der Waals surface area contributed by atoms with Crippen molar-refractivity contribution in [2.24, 2.45) is 33.6 Å². The average Bonchev–Trinajstić information content (AvgIpc) is 3.81. The van der Waals surface area contributed by atoms with Crippen LogP contribution in [0.1, 0.15) is 212 Å². The summed E-state index contributed by atoms with van der Waals surface area (Å²) in [5, 5.41) is 3.19. The van der Waals surface area contributed by atoms with Crippen LogP contribution in [0.5, 0.6) is 0 Å². The minimum Gasteiger partial charge on any atom is -0.380 e. The molecule has 1 saturated heterocycles. The van der Waals surface area contributed by atoms with E-state index in [4.69, 9.17) is 9.73 Å². The highest BCUT2D eigenvalue weighted by atomic mass is 19.1. The second kappa shape index (κ2) is 29.9. The normalized spacial score (nSPS) is 20.8. The number of halogens is 1. The van der Waals surface area contributed by atoms with Crippen LogP contribution < -0.4 is 10.2 Å². The second-order valence-electron chi connectivity index (χ2n) is 21.3. The third-order valence-corrected chi connectivity index (χ3v) is 13.4. The summed E-state index contributed by atoms with van der Waals surface area (Å²) in [6.07, 6.45) is 22.5. The van der Waals surface area contributed by atoms with Gasteiger partial charge in [0.2, 0.25) is 5.91 Å². The summed E-state index contributed by atoms with van der Waals surface area (Å²) in [6, 6.07) is 6.76. The van der Waals surface area contributed by atoms with Gasteiger partial charge in [-0.2, -0.15) is 0 Å². The molecule has 1 aromatic rings. The number of anilines is 1. The van der Waals surface area contributed by atoms with Gasteiger partial charge in [0.05, 0.1) is 28.8 Å². The maximum Gasteiger partial charge on any atom is 0.237 e. The molecule has 4 rings (SSSR count). The molecule has 0 radical (unpaired) electrons. The van der Waals surface area contributed by atoms with Crippen LogP contribution >= 0.6 is 0 Å². The number of amides is 1. The van der Waals surface area contributed by atoms with E-state index in [1.807, 2.05) is 60.8 Å². The molecule has 0 spiro atoms. The molecule has 0 bridgehead atoms. The van der Waals surface area contributed by atoms with Crippen LogP contribution in [0.4, 0.5) is 10.1 Å². The first-order valence-electron chi connectivity index (χ1n) is 26.2. The molecule has 2 aliphatic heterocycles. The van der Waals surface area contributed by atoms with Crippen molar-refractivity contribution in [1.29, 1.82) is 0 Å². The van der Waals surface area contributed by atoms with Crippen LogP contribution in [0, 0.1) is 28.6 Å². The number of Topliss-reactive ketones (excluding diaryl/α,β-unsaturated/α-hetero) is 1. The monoisotopic (exact) mass is 928 g/mol. The van der Waals surface area contributed by atoms with Gasteiger partial charge in [0, 0.05) is 36.2 Å². The van der Waals surface area contributed by atoms with E-state index in [0.717, 1.165) is 97.7 Å². The predicted octanol–water partition coefficient (Wildman–Crippen LogP) is 17.2. The Kier molecular flexibility index (Phi) is 27.3. The molecule has 378 valence electrons. The van der Waals surface area contributed by atoms with Gasteiger partial charge in [0.25, 0.3) is 0 Å². The minimum atomic E-state index is -0.443. The van der Waals surface area contributed by atoms with Gasteiger partial charge in [-0.05, 0) is 130 Å². The SMILES string of the molecule is C=C/C(F)=C(\C=C/C)N/C(C)=C(C)/C(=C\C(=C)c1ccc2c(c1)N(C1CC(CCC)C1)C(=O)C2(CCC)CCC)N=CCC.CC(C)C.CC(C)C(=O)C1(C)CCOC1.CCCC(C)(C)CC. The first kappa shape index (κ1) is 61.2. The van der Waals surface area contributed by atoms with Gasteiger partial charge in [-0.1, -0.05) is 167 Å². The van der Waals surface area contributed by atoms with Gasteiger partial charge in [0.1, 0.15) is 11.6 Å². The lowest BCUT2D eigenvalue weighted by Gasteiger charge is -2.42. The quantitative estimate of drug-likeness (QED) is 0.0985. The second-order valence-corrected chi connectivity index (χ2v) is 21.3. The van der Waals surface area contributed by atoms with Crippen LogP contribution in [0.3, 0.4) is 0 Å². The number of fused-ring (bicyclic) bond motifs is 1. The number of ether oxygens (including phenoxy) is 1. The van der Waals surface area contributed by atoms with Crippen molar-refractivity contribution in [3.05, 3.63) is 95.3 Å². The first-order chi connectivity index (χ1) is 31.5. The lowest BCUT2D eigenvalue weighted by molar-refractivity contribution is -0.131. The van der Waals surface area contributed by atoms with Crippen molar-refractivity contribution in [2.75, 3.05) is 18.1 Å². The maximum absolute atomic E-state index is 14.4. The Morgan fingerprint density at radius 3 is 2.07 bits per heavy atom. The summed E-state index contributed by atoms with van der Waals surface area (Å²) in [5.41, 5.74) is 6.76. The maximum atomic E-state index is 14.4. The third kappa shape index (κ3) is 18.2. The number of hydrogen-bond acceptors (Lipinski definition) is 5. The zero-order valence-corrected chi connectivity index (χ0v) is 45.9. The smallest absolute Gasteiger partial charge is 0.237 e. The van der Waals surface area contributed by atoms with Crippen LogP contribution in [0.2, 0.25) is 0 Å². The molecule has 7 heteroatoms. The average molecular weight is 928 g/mol. The number of nitrogens with zero attached hydrogens (tertiary/aromatic N) is 2. The predicted molar refractivity (Wildman–Crippen MR) is 290 cm³/mol. The highest BCUT2D eigenvalue weighted by Gasteiger charge is 2.53. The number of carbonyl (C=O) groups is 2. The highest BCUT2D eigenvalue weighted by Crippen LogP contribution is 2.52. The Morgan fingerprint density at radius 2 is 1.63 bits per heavy atom. The van der Waals surface area contributed by atoms with E-state index in [2.05, 4.69) is 111 Å². The zero-order valence-electron chi connectivity index (χ0n) is 45.9. The van der Waals surface area contributed by atoms with Crippen molar-refractivity contribution in [2.45, 2.75) is 213 Å². The lowest BCUT2D eigenvalue weighted by atomic mass is 9.73. The Bertz CT molecular complexity index is 1870. The Balaban J connectivity index is 0.000000792. The van der Waals surface area contributed by atoms with E-state index in [0.29, 0.717) is 35.3 Å². The molecule has 3 aliphatic rings. The fourth-order valence-electron chi connectivity index (χ4n) is 9.21. The van der Waals surface area contributed by atoms with Crippen LogP contribution in [0.25, 0.3) is 5.57 Å². The van der Waals surface area contributed by atoms with Gasteiger partial charge in [-0.15, -0.1) is 0 Å². The fourth-order valence-corrected chi connectivity index (χ4v) is 9.21. The van der Waals surface area contributed by atoms with E-state index in [1.54, 1.807) is 12.2 Å². The number of rotatable bonds is 21. The first-order valence-corrected chi connectivity index (χ1v) is 26.2. The van der Waals surface area contributed by atoms with E-state index < -0.39 is 11.2 Å². The number of hydrogen-bond donors (Lipinski definition) is 1. The van der Waals surface area contributed by atoms with E-state index in [-0.39, 0.29) is 17.4 Å². The topological polar surface area (TPSA) is 71.0 Å². The summed E-state index contributed by atoms with van der Waals surface area (Å²) in [4.78, 5) is 32.8. The molecule has 2 heterocycles. The van der Waals surface area contributed by atoms with Crippen molar-refractivity contribution in [1.82, 2.24) is 5.32 Å². The number of benzene rings is 1. The number of ketones is 1. The van der Waals surface area contributed by atoms with E-state index >= 15 is 0 Å². The van der Waals surface area contributed by atoms with E-state index in [9.17, 15) is 14.0 Å². The Labute approximate surface area is 411 Å². The van der Waals surface area contributed by atoms with Gasteiger partial charge < -0.3 is 15.0 Å². The molecule has 1 aliphatic carbocycles. The van der Waals surface area contributed by atoms with Crippen LogP contribution in [0.15, 0.2) is 89.1 Å². The molecular weight excluding hydrogens is 830 g/mol. The molecule has 1 amide bonds. The number of nitrogens with one attached hydrogen (secondary N) is 1. The fraction of sp³-hybridized carbons (Fsp3) is 0.650. The molecular formula is C60H98FN3O3. The van der Waals surface area contributed by atoms with Crippen molar-refractivity contribution < 1.29 is 18.7 Å². The zero-order chi connectivity index (χ0) is 51.1. The summed E-state index contributed by atoms with van der Waals surface area (Å²) in [6.45, 7) is 45.3. The van der Waals surface area contributed by atoms with Gasteiger partial charge in [-0.3, -0.25) is 14.6 Å². The molecule has 67 heavy (non-hydrogen) atoms. The van der Waals surface area contributed by atoms with Gasteiger partial charge in [0.15, 0.2) is 0 Å². The van der Waals surface area contributed by atoms with Crippen molar-refractivity contribution in [3.8, 4) is 0 Å². The highest BCUT2D eigenvalue weighted by molar-refractivity contribution is 6.09. The van der Waals surface area contributed by atoms with Crippen LogP contribution in [-0.2, 0) is 19.7 Å². The summed E-state index contributed by atoms with van der Waals surface area (Å²) < 4.78 is 19.7.